The van der Waals surface area contributed by atoms with Crippen LogP contribution < -0.4 is 9.64 Å². The van der Waals surface area contributed by atoms with Gasteiger partial charge in [-0.05, 0) is 56.5 Å². The van der Waals surface area contributed by atoms with E-state index in [1.54, 1.807) is 7.11 Å². The van der Waals surface area contributed by atoms with Crippen LogP contribution in [-0.2, 0) is 20.9 Å². The zero-order valence-electron chi connectivity index (χ0n) is 19.9. The van der Waals surface area contributed by atoms with Crippen molar-refractivity contribution in [3.63, 3.8) is 0 Å². The van der Waals surface area contributed by atoms with Gasteiger partial charge in [-0.1, -0.05) is 30.3 Å². The molecule has 1 fully saturated rings. The van der Waals surface area contributed by atoms with Crippen LogP contribution in [0.25, 0.3) is 0 Å². The van der Waals surface area contributed by atoms with Crippen molar-refractivity contribution in [2.75, 3.05) is 38.2 Å². The number of carbonyl (C=O) groups is 2. The first kappa shape index (κ1) is 23.8. The van der Waals surface area contributed by atoms with Crippen molar-refractivity contribution >= 4 is 17.6 Å². The van der Waals surface area contributed by atoms with Gasteiger partial charge in [0.05, 0.1) is 20.2 Å². The summed E-state index contributed by atoms with van der Waals surface area (Å²) in [6, 6.07) is 13.3. The number of ether oxygens (including phenoxy) is 2. The van der Waals surface area contributed by atoms with Gasteiger partial charge in [-0.15, -0.1) is 0 Å². The minimum absolute atomic E-state index is 0.0842. The SMILES string of the molecule is CC[N+](CC)(CC(=O)OCc1ccccc1)C1CCN(c2c(C)cc(OC)cc2C)C1=O. The Morgan fingerprint density at radius 1 is 1.09 bits per heavy atom. The summed E-state index contributed by atoms with van der Waals surface area (Å²) in [5.74, 6) is 0.613. The van der Waals surface area contributed by atoms with Gasteiger partial charge in [-0.2, -0.15) is 0 Å². The van der Waals surface area contributed by atoms with Crippen LogP contribution in [-0.4, -0.2) is 55.7 Å². The van der Waals surface area contributed by atoms with E-state index in [9.17, 15) is 9.59 Å². The molecule has 1 aliphatic rings. The molecule has 1 heterocycles. The minimum atomic E-state index is -0.263. The fraction of sp³-hybridized carbons (Fsp3) is 0.462. The predicted octanol–water partition coefficient (Wildman–Crippen LogP) is 4.02. The Balaban J connectivity index is 1.77. The Bertz CT molecular complexity index is 931. The fourth-order valence-electron chi connectivity index (χ4n) is 4.89. The fourth-order valence-corrected chi connectivity index (χ4v) is 4.89. The number of rotatable bonds is 9. The van der Waals surface area contributed by atoms with Gasteiger partial charge in [-0.3, -0.25) is 4.79 Å². The van der Waals surface area contributed by atoms with Crippen LogP contribution in [0.2, 0.25) is 0 Å². The number of methoxy groups -OCH3 is 1. The highest BCUT2D eigenvalue weighted by Gasteiger charge is 2.48. The quantitative estimate of drug-likeness (QED) is 0.438. The Labute approximate surface area is 191 Å². The molecule has 0 N–H and O–H groups in total. The lowest BCUT2D eigenvalue weighted by Gasteiger charge is -2.40. The van der Waals surface area contributed by atoms with E-state index >= 15 is 0 Å². The molecule has 2 aromatic rings. The number of hydrogen-bond acceptors (Lipinski definition) is 4. The van der Waals surface area contributed by atoms with Crippen LogP contribution in [0.1, 0.15) is 37.0 Å². The summed E-state index contributed by atoms with van der Waals surface area (Å²) in [5.41, 5.74) is 3.95. The number of likely N-dealkylation sites (N-methyl/N-ethyl adjacent to an activating group) is 1. The van der Waals surface area contributed by atoms with E-state index in [1.807, 2.05) is 75.1 Å². The summed E-state index contributed by atoms with van der Waals surface area (Å²) < 4.78 is 11.3. The number of aryl methyl sites for hydroxylation is 2. The minimum Gasteiger partial charge on any atom is -0.497 e. The monoisotopic (exact) mass is 439 g/mol. The summed E-state index contributed by atoms with van der Waals surface area (Å²) in [6.07, 6.45) is 0.720. The zero-order chi connectivity index (χ0) is 23.3. The van der Waals surface area contributed by atoms with Crippen molar-refractivity contribution < 1.29 is 23.5 Å². The molecule has 0 bridgehead atoms. The van der Waals surface area contributed by atoms with E-state index in [0.717, 1.165) is 34.5 Å². The first-order chi connectivity index (χ1) is 15.3. The van der Waals surface area contributed by atoms with Gasteiger partial charge in [0.15, 0.2) is 12.6 Å². The lowest BCUT2D eigenvalue weighted by molar-refractivity contribution is -0.932. The van der Waals surface area contributed by atoms with Crippen molar-refractivity contribution in [3.05, 3.63) is 59.2 Å². The van der Waals surface area contributed by atoms with Crippen LogP contribution in [0.15, 0.2) is 42.5 Å². The molecule has 6 heteroatoms. The first-order valence-corrected chi connectivity index (χ1v) is 11.4. The molecule has 2 aromatic carbocycles. The summed E-state index contributed by atoms with van der Waals surface area (Å²) in [7, 11) is 1.65. The van der Waals surface area contributed by atoms with Gasteiger partial charge in [0.25, 0.3) is 5.91 Å². The summed E-state index contributed by atoms with van der Waals surface area (Å²) in [6.45, 7) is 10.6. The van der Waals surface area contributed by atoms with Gasteiger partial charge in [0.1, 0.15) is 12.4 Å². The second-order valence-corrected chi connectivity index (χ2v) is 8.56. The number of hydrogen-bond donors (Lipinski definition) is 0. The van der Waals surface area contributed by atoms with Crippen molar-refractivity contribution in [2.24, 2.45) is 0 Å². The van der Waals surface area contributed by atoms with E-state index in [0.29, 0.717) is 24.1 Å². The molecular weight excluding hydrogens is 404 g/mol. The molecule has 0 radical (unpaired) electrons. The number of amides is 1. The van der Waals surface area contributed by atoms with Gasteiger partial charge in [0.2, 0.25) is 0 Å². The second kappa shape index (κ2) is 10.2. The summed E-state index contributed by atoms with van der Waals surface area (Å²) >= 11 is 0. The number of esters is 1. The number of benzene rings is 2. The highest BCUT2D eigenvalue weighted by Crippen LogP contribution is 2.35. The zero-order valence-corrected chi connectivity index (χ0v) is 19.9. The van der Waals surface area contributed by atoms with E-state index in [4.69, 9.17) is 9.47 Å². The molecule has 0 saturated carbocycles. The van der Waals surface area contributed by atoms with Crippen LogP contribution in [0, 0.1) is 13.8 Å². The molecule has 1 saturated heterocycles. The molecule has 0 aliphatic carbocycles. The van der Waals surface area contributed by atoms with E-state index in [-0.39, 0.29) is 31.1 Å². The average molecular weight is 440 g/mol. The molecule has 1 aliphatic heterocycles. The molecule has 1 unspecified atom stereocenters. The molecular formula is C26H35N2O4+. The van der Waals surface area contributed by atoms with Crippen molar-refractivity contribution in [1.29, 1.82) is 0 Å². The van der Waals surface area contributed by atoms with E-state index in [1.165, 1.54) is 0 Å². The normalized spacial score (nSPS) is 16.3. The molecule has 1 amide bonds. The molecule has 0 spiro atoms. The molecule has 32 heavy (non-hydrogen) atoms. The van der Waals surface area contributed by atoms with Gasteiger partial charge < -0.3 is 18.9 Å². The van der Waals surface area contributed by atoms with Crippen molar-refractivity contribution in [3.8, 4) is 5.75 Å². The lowest BCUT2D eigenvalue weighted by atomic mass is 10.1. The number of carbonyl (C=O) groups excluding carboxylic acids is 2. The molecule has 6 nitrogen and oxygen atoms in total. The Hall–Kier alpha value is -2.86. The van der Waals surface area contributed by atoms with Gasteiger partial charge >= 0.3 is 5.97 Å². The number of nitrogens with zero attached hydrogens (tertiary/aromatic N) is 2. The molecule has 0 aromatic heterocycles. The highest BCUT2D eigenvalue weighted by molar-refractivity contribution is 6.00. The average Bonchev–Trinajstić information content (AvgIpc) is 3.17. The van der Waals surface area contributed by atoms with Gasteiger partial charge in [0, 0.05) is 18.7 Å². The number of quaternary nitrogens is 1. The molecule has 1 atom stereocenters. The topological polar surface area (TPSA) is 55.8 Å². The van der Waals surface area contributed by atoms with Crippen LogP contribution >= 0.6 is 0 Å². The maximum atomic E-state index is 13.6. The van der Waals surface area contributed by atoms with Gasteiger partial charge in [-0.25, -0.2) is 4.79 Å². The van der Waals surface area contributed by atoms with E-state index < -0.39 is 0 Å². The Morgan fingerprint density at radius 3 is 2.28 bits per heavy atom. The van der Waals surface area contributed by atoms with Crippen LogP contribution in [0.5, 0.6) is 5.75 Å². The van der Waals surface area contributed by atoms with Crippen LogP contribution in [0.3, 0.4) is 0 Å². The molecule has 3 rings (SSSR count). The van der Waals surface area contributed by atoms with Crippen molar-refractivity contribution in [1.82, 2.24) is 0 Å². The standard InChI is InChI=1S/C26H35N2O4/c1-6-28(7-2,17-24(29)32-18-21-11-9-8-10-12-21)23-13-14-27(26(23)30)25-19(3)15-22(31-5)16-20(25)4/h8-12,15-16,23H,6-7,13-14,17-18H2,1-5H3/q+1. The van der Waals surface area contributed by atoms with Crippen LogP contribution in [0.4, 0.5) is 5.69 Å². The third-order valence-electron chi connectivity index (χ3n) is 6.75. The summed E-state index contributed by atoms with van der Waals surface area (Å²) in [4.78, 5) is 28.3. The first-order valence-electron chi connectivity index (χ1n) is 11.4. The summed E-state index contributed by atoms with van der Waals surface area (Å²) in [5, 5.41) is 0. The predicted molar refractivity (Wildman–Crippen MR) is 126 cm³/mol. The maximum Gasteiger partial charge on any atom is 0.362 e. The second-order valence-electron chi connectivity index (χ2n) is 8.56. The highest BCUT2D eigenvalue weighted by atomic mass is 16.5. The lowest BCUT2D eigenvalue weighted by Crippen LogP contribution is -2.60. The smallest absolute Gasteiger partial charge is 0.362 e. The van der Waals surface area contributed by atoms with E-state index in [2.05, 4.69) is 0 Å². The number of anilines is 1. The maximum absolute atomic E-state index is 13.6. The largest absolute Gasteiger partial charge is 0.497 e. The Morgan fingerprint density at radius 2 is 1.72 bits per heavy atom. The Kier molecular flexibility index (Phi) is 7.56. The third-order valence-corrected chi connectivity index (χ3v) is 6.75. The molecule has 172 valence electrons. The van der Waals surface area contributed by atoms with Crippen molar-refractivity contribution in [2.45, 2.75) is 46.8 Å². The third kappa shape index (κ3) is 4.80.